The van der Waals surface area contributed by atoms with Gasteiger partial charge in [0.2, 0.25) is 5.95 Å². The van der Waals surface area contributed by atoms with Gasteiger partial charge in [0, 0.05) is 38.3 Å². The van der Waals surface area contributed by atoms with Crippen molar-refractivity contribution >= 4 is 22.9 Å². The number of fused-ring (bicyclic) bond motifs is 1. The van der Waals surface area contributed by atoms with Gasteiger partial charge in [-0.2, -0.15) is 0 Å². The number of nitrogens with zero attached hydrogens (tertiary/aromatic N) is 4. The largest absolute Gasteiger partial charge is 0.339 e. The second-order valence-electron chi connectivity index (χ2n) is 6.74. The number of imidazole rings is 1. The van der Waals surface area contributed by atoms with Crippen LogP contribution in [0.1, 0.15) is 22.8 Å². The number of aromatic nitrogens is 2. The van der Waals surface area contributed by atoms with Crippen LogP contribution in [0.3, 0.4) is 0 Å². The SMILES string of the molecule is CCn1c(N2CCN(C(=O)c3ccccc3C)CC2)nc2ccccc21. The summed E-state index contributed by atoms with van der Waals surface area (Å²) in [5.74, 6) is 1.14. The molecule has 0 bridgehead atoms. The van der Waals surface area contributed by atoms with E-state index in [4.69, 9.17) is 4.98 Å². The quantitative estimate of drug-likeness (QED) is 0.729. The van der Waals surface area contributed by atoms with Crippen molar-refractivity contribution < 1.29 is 4.79 Å². The van der Waals surface area contributed by atoms with E-state index >= 15 is 0 Å². The highest BCUT2D eigenvalue weighted by Crippen LogP contribution is 2.24. The molecule has 5 heteroatoms. The minimum atomic E-state index is 0.131. The van der Waals surface area contributed by atoms with E-state index in [0.717, 1.165) is 55.3 Å². The number of rotatable bonds is 3. The molecule has 3 aromatic rings. The molecule has 0 aliphatic carbocycles. The first kappa shape index (κ1) is 16.6. The smallest absolute Gasteiger partial charge is 0.254 e. The molecular formula is C21H24N4O. The zero-order valence-corrected chi connectivity index (χ0v) is 15.4. The van der Waals surface area contributed by atoms with Gasteiger partial charge in [0.25, 0.3) is 5.91 Å². The van der Waals surface area contributed by atoms with Crippen LogP contribution in [0.4, 0.5) is 5.95 Å². The molecule has 5 nitrogen and oxygen atoms in total. The molecule has 0 spiro atoms. The zero-order chi connectivity index (χ0) is 18.1. The molecule has 1 fully saturated rings. The number of hydrogen-bond acceptors (Lipinski definition) is 3. The lowest BCUT2D eigenvalue weighted by molar-refractivity contribution is 0.0745. The summed E-state index contributed by atoms with van der Waals surface area (Å²) in [5.41, 5.74) is 4.04. The van der Waals surface area contributed by atoms with E-state index in [1.165, 1.54) is 5.52 Å². The standard InChI is InChI=1S/C21H24N4O/c1-3-25-19-11-7-6-10-18(19)22-21(25)24-14-12-23(13-15-24)20(26)17-9-5-4-8-16(17)2/h4-11H,3,12-15H2,1-2H3. The fraction of sp³-hybridized carbons (Fsp3) is 0.333. The molecule has 2 aromatic carbocycles. The first-order valence-corrected chi connectivity index (χ1v) is 9.24. The van der Waals surface area contributed by atoms with E-state index in [1.54, 1.807) is 0 Å². The number of benzene rings is 2. The number of para-hydroxylation sites is 2. The second-order valence-corrected chi connectivity index (χ2v) is 6.74. The van der Waals surface area contributed by atoms with Crippen LogP contribution in [-0.4, -0.2) is 46.5 Å². The third-order valence-corrected chi connectivity index (χ3v) is 5.18. The lowest BCUT2D eigenvalue weighted by Crippen LogP contribution is -2.49. The average molecular weight is 348 g/mol. The summed E-state index contributed by atoms with van der Waals surface area (Å²) in [7, 11) is 0. The van der Waals surface area contributed by atoms with Gasteiger partial charge in [-0.05, 0) is 37.6 Å². The maximum Gasteiger partial charge on any atom is 0.254 e. The molecule has 1 aromatic heterocycles. The number of anilines is 1. The molecule has 0 N–H and O–H groups in total. The van der Waals surface area contributed by atoms with Crippen molar-refractivity contribution in [1.82, 2.24) is 14.5 Å². The van der Waals surface area contributed by atoms with Crippen molar-refractivity contribution in [1.29, 1.82) is 0 Å². The zero-order valence-electron chi connectivity index (χ0n) is 15.4. The van der Waals surface area contributed by atoms with Gasteiger partial charge in [-0.3, -0.25) is 4.79 Å². The van der Waals surface area contributed by atoms with Crippen LogP contribution in [0.5, 0.6) is 0 Å². The van der Waals surface area contributed by atoms with E-state index < -0.39 is 0 Å². The Balaban J connectivity index is 1.52. The number of aryl methyl sites for hydroxylation is 2. The summed E-state index contributed by atoms with van der Waals surface area (Å²) >= 11 is 0. The van der Waals surface area contributed by atoms with Crippen molar-refractivity contribution in [2.45, 2.75) is 20.4 Å². The highest BCUT2D eigenvalue weighted by Gasteiger charge is 2.25. The van der Waals surface area contributed by atoms with Crippen molar-refractivity contribution in [3.05, 3.63) is 59.7 Å². The first-order valence-electron chi connectivity index (χ1n) is 9.24. The predicted molar refractivity (Wildman–Crippen MR) is 105 cm³/mol. The molecule has 1 aliphatic rings. The number of piperazine rings is 1. The summed E-state index contributed by atoms with van der Waals surface area (Å²) in [6, 6.07) is 16.1. The van der Waals surface area contributed by atoms with Crippen molar-refractivity contribution in [2.24, 2.45) is 0 Å². The number of carbonyl (C=O) groups is 1. The Bertz CT molecular complexity index is 938. The molecule has 0 saturated carbocycles. The van der Waals surface area contributed by atoms with Crippen molar-refractivity contribution in [2.75, 3.05) is 31.1 Å². The maximum atomic E-state index is 12.8. The van der Waals surface area contributed by atoms with E-state index in [2.05, 4.69) is 34.6 Å². The fourth-order valence-electron chi connectivity index (χ4n) is 3.71. The van der Waals surface area contributed by atoms with Crippen molar-refractivity contribution in [3.63, 3.8) is 0 Å². The van der Waals surface area contributed by atoms with Gasteiger partial charge >= 0.3 is 0 Å². The Morgan fingerprint density at radius 1 is 1.00 bits per heavy atom. The van der Waals surface area contributed by atoms with Crippen LogP contribution in [0.15, 0.2) is 48.5 Å². The molecule has 134 valence electrons. The van der Waals surface area contributed by atoms with Crippen LogP contribution >= 0.6 is 0 Å². The molecule has 2 heterocycles. The monoisotopic (exact) mass is 348 g/mol. The van der Waals surface area contributed by atoms with Gasteiger partial charge in [-0.25, -0.2) is 4.98 Å². The summed E-state index contributed by atoms with van der Waals surface area (Å²) in [4.78, 5) is 21.9. The molecule has 1 saturated heterocycles. The molecular weight excluding hydrogens is 324 g/mol. The highest BCUT2D eigenvalue weighted by atomic mass is 16.2. The van der Waals surface area contributed by atoms with Crippen molar-refractivity contribution in [3.8, 4) is 0 Å². The Morgan fingerprint density at radius 2 is 1.69 bits per heavy atom. The lowest BCUT2D eigenvalue weighted by Gasteiger charge is -2.35. The third-order valence-electron chi connectivity index (χ3n) is 5.18. The third kappa shape index (κ3) is 2.83. The first-order chi connectivity index (χ1) is 12.7. The van der Waals surface area contributed by atoms with Crippen LogP contribution in [0, 0.1) is 6.92 Å². The lowest BCUT2D eigenvalue weighted by atomic mass is 10.1. The van der Waals surface area contributed by atoms with Crippen LogP contribution in [0.2, 0.25) is 0 Å². The molecule has 4 rings (SSSR count). The minimum absolute atomic E-state index is 0.131. The molecule has 1 aliphatic heterocycles. The number of amides is 1. The van der Waals surface area contributed by atoms with Gasteiger partial charge in [0.15, 0.2) is 0 Å². The van der Waals surface area contributed by atoms with E-state index in [0.29, 0.717) is 0 Å². The topological polar surface area (TPSA) is 41.4 Å². The Morgan fingerprint density at radius 3 is 2.42 bits per heavy atom. The van der Waals surface area contributed by atoms with Crippen LogP contribution in [-0.2, 0) is 6.54 Å². The van der Waals surface area contributed by atoms with E-state index in [-0.39, 0.29) is 5.91 Å². The predicted octanol–water partition coefficient (Wildman–Crippen LogP) is 3.33. The van der Waals surface area contributed by atoms with Gasteiger partial charge in [-0.1, -0.05) is 30.3 Å². The van der Waals surface area contributed by atoms with E-state index in [1.807, 2.05) is 42.2 Å². The Hall–Kier alpha value is -2.82. The molecule has 0 atom stereocenters. The van der Waals surface area contributed by atoms with Gasteiger partial charge in [0.05, 0.1) is 11.0 Å². The van der Waals surface area contributed by atoms with Crippen LogP contribution < -0.4 is 4.90 Å². The highest BCUT2D eigenvalue weighted by molar-refractivity contribution is 5.95. The van der Waals surface area contributed by atoms with Crippen LogP contribution in [0.25, 0.3) is 11.0 Å². The number of hydrogen-bond donors (Lipinski definition) is 0. The molecule has 26 heavy (non-hydrogen) atoms. The Kier molecular flexibility index (Phi) is 4.37. The molecule has 0 unspecified atom stereocenters. The normalized spacial score (nSPS) is 14.8. The molecule has 0 radical (unpaired) electrons. The van der Waals surface area contributed by atoms with Gasteiger partial charge in [-0.15, -0.1) is 0 Å². The summed E-state index contributed by atoms with van der Waals surface area (Å²) < 4.78 is 2.26. The average Bonchev–Trinajstić information content (AvgIpc) is 3.06. The summed E-state index contributed by atoms with van der Waals surface area (Å²) in [6.45, 7) is 8.09. The molecule has 1 amide bonds. The second kappa shape index (κ2) is 6.83. The van der Waals surface area contributed by atoms with E-state index in [9.17, 15) is 4.79 Å². The van der Waals surface area contributed by atoms with Gasteiger partial charge in [0.1, 0.15) is 0 Å². The summed E-state index contributed by atoms with van der Waals surface area (Å²) in [6.07, 6.45) is 0. The number of carbonyl (C=O) groups excluding carboxylic acids is 1. The summed E-state index contributed by atoms with van der Waals surface area (Å²) in [5, 5.41) is 0. The maximum absolute atomic E-state index is 12.8. The van der Waals surface area contributed by atoms with Gasteiger partial charge < -0.3 is 14.4 Å². The fourth-order valence-corrected chi connectivity index (χ4v) is 3.71. The Labute approximate surface area is 153 Å². The minimum Gasteiger partial charge on any atom is -0.339 e.